The minimum Gasteiger partial charge on any atom is -0.316 e. The lowest BCUT2D eigenvalue weighted by atomic mass is 9.69. The van der Waals surface area contributed by atoms with Gasteiger partial charge in [0.15, 0.2) is 0 Å². The smallest absolute Gasteiger partial charge is 0.242 e. The van der Waals surface area contributed by atoms with Gasteiger partial charge in [0.2, 0.25) is 5.91 Å². The number of amides is 1. The monoisotopic (exact) mass is 556 g/mol. The molecular weight excluding hydrogens is 511 g/mol. The minimum absolute atomic E-state index is 0.0361. The van der Waals surface area contributed by atoms with Gasteiger partial charge in [-0.15, -0.1) is 0 Å². The molecule has 2 atom stereocenters. The predicted molar refractivity (Wildman–Crippen MR) is 161 cm³/mol. The lowest BCUT2D eigenvalue weighted by Gasteiger charge is -2.49. The maximum Gasteiger partial charge on any atom is 0.242 e. The molecule has 0 aromatic heterocycles. The lowest BCUT2D eigenvalue weighted by molar-refractivity contribution is -0.137. The maximum absolute atomic E-state index is 14.4. The van der Waals surface area contributed by atoms with Crippen LogP contribution in [-0.2, 0) is 11.2 Å². The highest BCUT2D eigenvalue weighted by atomic mass is 35.5. The van der Waals surface area contributed by atoms with E-state index < -0.39 is 0 Å². The molecule has 1 aliphatic heterocycles. The fourth-order valence-corrected chi connectivity index (χ4v) is 7.11. The molecule has 1 heterocycles. The van der Waals surface area contributed by atoms with Crippen molar-refractivity contribution in [3.05, 3.63) is 69.2 Å². The zero-order chi connectivity index (χ0) is 27.9. The average Bonchev–Trinajstić information content (AvgIpc) is 3.04. The van der Waals surface area contributed by atoms with Gasteiger partial charge in [-0.3, -0.25) is 10.1 Å². The average molecular weight is 558 g/mol. The van der Waals surface area contributed by atoms with Gasteiger partial charge < -0.3 is 4.90 Å². The number of carbonyl (C=O) groups is 1. The largest absolute Gasteiger partial charge is 0.316 e. The molecule has 4 rings (SSSR count). The van der Waals surface area contributed by atoms with Crippen LogP contribution in [0.2, 0.25) is 10.0 Å². The molecule has 1 saturated heterocycles. The third-order valence-electron chi connectivity index (χ3n) is 8.78. The second-order valence-corrected chi connectivity index (χ2v) is 15.0. The summed E-state index contributed by atoms with van der Waals surface area (Å²) in [6.45, 7) is 16.1. The van der Waals surface area contributed by atoms with Gasteiger partial charge in [-0.2, -0.15) is 0 Å². The van der Waals surface area contributed by atoms with E-state index in [1.165, 1.54) is 11.1 Å². The summed E-state index contributed by atoms with van der Waals surface area (Å²) in [7, 11) is 0. The first-order valence-corrected chi connectivity index (χ1v) is 15.0. The summed E-state index contributed by atoms with van der Waals surface area (Å²) in [4.78, 5) is 16.7. The molecule has 1 spiro atoms. The van der Waals surface area contributed by atoms with Crippen molar-refractivity contribution in [1.82, 2.24) is 10.2 Å². The van der Waals surface area contributed by atoms with Gasteiger partial charge >= 0.3 is 0 Å². The van der Waals surface area contributed by atoms with Crippen molar-refractivity contribution in [2.45, 2.75) is 111 Å². The first-order valence-electron chi connectivity index (χ1n) is 14.3. The summed E-state index contributed by atoms with van der Waals surface area (Å²) >= 11 is 12.7. The standard InChI is InChI=1S/C33H46Cl2N2O/c1-22-8-10-24(11-9-22)29(14-15-31(2,3)4)37-30(38)28(20-23-18-26(34)21-27(35)19-23)36-33(37)16-12-25(13-17-33)32(5,6)7/h8-11,18-19,21,25,28-29,36H,12-17,20H2,1-7H3. The zero-order valence-electron chi connectivity index (χ0n) is 24.3. The van der Waals surface area contributed by atoms with Crippen LogP contribution in [0.3, 0.4) is 0 Å². The normalized spacial score (nSPS) is 25.3. The molecule has 1 amide bonds. The molecule has 38 heavy (non-hydrogen) atoms. The number of benzene rings is 2. The SMILES string of the molecule is Cc1ccc(C(CCC(C)(C)C)N2C(=O)C(Cc3cc(Cl)cc(Cl)c3)NC23CCC(C(C)(C)C)CC3)cc1. The number of nitrogens with one attached hydrogen (secondary N) is 1. The molecule has 2 unspecified atom stereocenters. The number of hydrogen-bond acceptors (Lipinski definition) is 2. The van der Waals surface area contributed by atoms with E-state index in [-0.39, 0.29) is 34.5 Å². The second-order valence-electron chi connectivity index (χ2n) is 14.1. The predicted octanol–water partition coefficient (Wildman–Crippen LogP) is 9.14. The summed E-state index contributed by atoms with van der Waals surface area (Å²) in [5, 5.41) is 5.13. The highest BCUT2D eigenvalue weighted by molar-refractivity contribution is 6.34. The molecular formula is C33H46Cl2N2O. The summed E-state index contributed by atoms with van der Waals surface area (Å²) in [6, 6.07) is 14.2. The zero-order valence-corrected chi connectivity index (χ0v) is 25.8. The van der Waals surface area contributed by atoms with Crippen molar-refractivity contribution in [3.63, 3.8) is 0 Å². The first-order chi connectivity index (χ1) is 17.7. The Kier molecular flexibility index (Phi) is 8.63. The van der Waals surface area contributed by atoms with Gasteiger partial charge in [-0.05, 0) is 97.9 Å². The van der Waals surface area contributed by atoms with Crippen LogP contribution >= 0.6 is 23.2 Å². The van der Waals surface area contributed by atoms with E-state index in [1.807, 2.05) is 12.1 Å². The quantitative estimate of drug-likeness (QED) is 0.384. The van der Waals surface area contributed by atoms with Crippen molar-refractivity contribution < 1.29 is 4.79 Å². The van der Waals surface area contributed by atoms with E-state index in [0.717, 1.165) is 44.1 Å². The van der Waals surface area contributed by atoms with Crippen LogP contribution in [0.1, 0.15) is 103 Å². The third kappa shape index (κ3) is 6.77. The fraction of sp³-hybridized carbons (Fsp3) is 0.606. The van der Waals surface area contributed by atoms with Crippen LogP contribution in [0.5, 0.6) is 0 Å². The summed E-state index contributed by atoms with van der Waals surface area (Å²) < 4.78 is 0. The van der Waals surface area contributed by atoms with Crippen LogP contribution in [0.15, 0.2) is 42.5 Å². The van der Waals surface area contributed by atoms with Crippen molar-refractivity contribution >= 4 is 29.1 Å². The number of hydrogen-bond donors (Lipinski definition) is 1. The first kappa shape index (κ1) is 29.4. The number of aryl methyl sites for hydroxylation is 1. The van der Waals surface area contributed by atoms with E-state index in [2.05, 4.69) is 82.9 Å². The van der Waals surface area contributed by atoms with Crippen LogP contribution in [0.25, 0.3) is 0 Å². The Morgan fingerprint density at radius 2 is 1.55 bits per heavy atom. The maximum atomic E-state index is 14.4. The minimum atomic E-state index is -0.334. The molecule has 3 nitrogen and oxygen atoms in total. The molecule has 2 fully saturated rings. The van der Waals surface area contributed by atoms with Crippen LogP contribution in [0.4, 0.5) is 0 Å². The van der Waals surface area contributed by atoms with E-state index in [4.69, 9.17) is 23.2 Å². The van der Waals surface area contributed by atoms with E-state index in [0.29, 0.717) is 22.4 Å². The van der Waals surface area contributed by atoms with Gasteiger partial charge in [0.1, 0.15) is 0 Å². The molecule has 2 aliphatic rings. The van der Waals surface area contributed by atoms with Gasteiger partial charge in [0, 0.05) is 10.0 Å². The third-order valence-corrected chi connectivity index (χ3v) is 9.22. The van der Waals surface area contributed by atoms with Crippen LogP contribution in [0, 0.1) is 23.7 Å². The molecule has 2 aromatic rings. The summed E-state index contributed by atoms with van der Waals surface area (Å²) in [5.41, 5.74) is 3.60. The van der Waals surface area contributed by atoms with E-state index >= 15 is 0 Å². The molecule has 2 aromatic carbocycles. The lowest BCUT2D eigenvalue weighted by Crippen LogP contribution is -2.56. The van der Waals surface area contributed by atoms with Crippen molar-refractivity contribution in [3.8, 4) is 0 Å². The van der Waals surface area contributed by atoms with Crippen LogP contribution in [-0.4, -0.2) is 22.5 Å². The van der Waals surface area contributed by atoms with Gasteiger partial charge in [0.25, 0.3) is 0 Å². The van der Waals surface area contributed by atoms with Crippen molar-refractivity contribution in [2.75, 3.05) is 0 Å². The van der Waals surface area contributed by atoms with Crippen LogP contribution < -0.4 is 5.32 Å². The van der Waals surface area contributed by atoms with E-state index in [1.54, 1.807) is 6.07 Å². The van der Waals surface area contributed by atoms with Crippen molar-refractivity contribution in [1.29, 1.82) is 0 Å². The Bertz CT molecular complexity index is 1100. The molecule has 1 saturated carbocycles. The van der Waals surface area contributed by atoms with Crippen molar-refractivity contribution in [2.24, 2.45) is 16.7 Å². The number of nitrogens with zero attached hydrogens (tertiary/aromatic N) is 1. The number of carbonyl (C=O) groups excluding carboxylic acids is 1. The second kappa shape index (κ2) is 11.1. The summed E-state index contributed by atoms with van der Waals surface area (Å²) in [6.07, 6.45) is 6.77. The Labute approximate surface area is 240 Å². The molecule has 0 bridgehead atoms. The Balaban J connectivity index is 1.72. The molecule has 0 radical (unpaired) electrons. The highest BCUT2D eigenvalue weighted by Crippen LogP contribution is 2.48. The van der Waals surface area contributed by atoms with E-state index in [9.17, 15) is 4.79 Å². The molecule has 208 valence electrons. The van der Waals surface area contributed by atoms with Gasteiger partial charge in [-0.25, -0.2) is 0 Å². The Hall–Kier alpha value is -1.55. The number of rotatable bonds is 6. The topological polar surface area (TPSA) is 32.3 Å². The van der Waals surface area contributed by atoms with Gasteiger partial charge in [0.05, 0.1) is 17.7 Å². The molecule has 1 N–H and O–H groups in total. The Morgan fingerprint density at radius 1 is 0.974 bits per heavy atom. The summed E-state index contributed by atoms with van der Waals surface area (Å²) in [5.74, 6) is 0.861. The fourth-order valence-electron chi connectivity index (χ4n) is 6.54. The van der Waals surface area contributed by atoms with Gasteiger partial charge in [-0.1, -0.05) is 94.6 Å². The molecule has 1 aliphatic carbocycles. The molecule has 5 heteroatoms. The number of halogens is 2. The highest BCUT2D eigenvalue weighted by Gasteiger charge is 2.54. The Morgan fingerprint density at radius 3 is 2.08 bits per heavy atom.